The van der Waals surface area contributed by atoms with Gasteiger partial charge < -0.3 is 10.2 Å². The summed E-state index contributed by atoms with van der Waals surface area (Å²) in [4.78, 5) is 28.9. The van der Waals surface area contributed by atoms with Crippen molar-refractivity contribution in [2.45, 2.75) is 12.2 Å². The van der Waals surface area contributed by atoms with Crippen molar-refractivity contribution in [1.29, 1.82) is 0 Å². The van der Waals surface area contributed by atoms with E-state index in [1.165, 1.54) is 0 Å². The van der Waals surface area contributed by atoms with Gasteiger partial charge in [-0.25, -0.2) is 4.98 Å². The molecular formula is C15H14N2O3S. The normalized spacial score (nSPS) is 13.2. The molecule has 108 valence electrons. The highest BCUT2D eigenvalue weighted by Crippen LogP contribution is 2.28. The molecule has 0 bridgehead atoms. The number of nitrogens with zero attached hydrogens (tertiary/aromatic N) is 1. The lowest BCUT2D eigenvalue weighted by Crippen LogP contribution is -2.19. The fourth-order valence-electron chi connectivity index (χ4n) is 2.21. The van der Waals surface area contributed by atoms with E-state index >= 15 is 0 Å². The number of hydrogen-bond donors (Lipinski definition) is 1. The molecule has 0 saturated carbocycles. The van der Waals surface area contributed by atoms with Crippen LogP contribution in [-0.4, -0.2) is 28.8 Å². The highest BCUT2D eigenvalue weighted by Gasteiger charge is 2.34. The molecule has 6 heteroatoms. The summed E-state index contributed by atoms with van der Waals surface area (Å²) in [7, 11) is 0. The number of hydrogen-bond acceptors (Lipinski definition) is 6. The minimum absolute atomic E-state index is 0.0631. The number of ketones is 2. The van der Waals surface area contributed by atoms with E-state index < -0.39 is 0 Å². The Labute approximate surface area is 125 Å². The molecule has 0 radical (unpaired) electrons. The van der Waals surface area contributed by atoms with Crippen molar-refractivity contribution in [2.75, 3.05) is 12.3 Å². The summed E-state index contributed by atoms with van der Waals surface area (Å²) in [6.45, 7) is 0.640. The summed E-state index contributed by atoms with van der Waals surface area (Å²) in [5.74, 6) is 1.38. The highest BCUT2D eigenvalue weighted by molar-refractivity contribution is 7.98. The van der Waals surface area contributed by atoms with Gasteiger partial charge in [0.1, 0.15) is 0 Å². The van der Waals surface area contributed by atoms with Crippen molar-refractivity contribution in [2.24, 2.45) is 5.73 Å². The molecule has 2 N–H and O–H groups in total. The summed E-state index contributed by atoms with van der Waals surface area (Å²) in [5, 5.41) is 0. The zero-order valence-electron chi connectivity index (χ0n) is 11.3. The van der Waals surface area contributed by atoms with Gasteiger partial charge >= 0.3 is 0 Å². The third kappa shape index (κ3) is 2.52. The minimum atomic E-state index is -0.272. The molecule has 0 saturated heterocycles. The second-order valence-corrected chi connectivity index (χ2v) is 5.79. The maximum atomic E-state index is 12.3. The van der Waals surface area contributed by atoms with Crippen LogP contribution in [-0.2, 0) is 5.75 Å². The molecule has 2 aromatic rings. The molecular weight excluding hydrogens is 288 g/mol. The highest BCUT2D eigenvalue weighted by atomic mass is 32.2. The van der Waals surface area contributed by atoms with Crippen molar-refractivity contribution >= 4 is 23.3 Å². The maximum Gasteiger partial charge on any atom is 0.231 e. The van der Waals surface area contributed by atoms with Crippen molar-refractivity contribution in [3.05, 3.63) is 52.7 Å². The monoisotopic (exact) mass is 302 g/mol. The standard InChI is InChI=1S/C15H14N2O3S/c16-6-3-7-21-8-11-17-12-13(18)9-4-1-2-5-10(9)14(19)15(12)20-11/h1-2,4-5H,3,6-8,16H2. The molecule has 1 aromatic carbocycles. The Hall–Kier alpha value is -1.92. The number of rotatable bonds is 5. The minimum Gasteiger partial charge on any atom is -0.435 e. The number of oxazole rings is 1. The molecule has 3 rings (SSSR count). The van der Waals surface area contributed by atoms with Crippen LogP contribution in [0.15, 0.2) is 28.7 Å². The lowest BCUT2D eigenvalue weighted by Gasteiger charge is -2.10. The smallest absolute Gasteiger partial charge is 0.231 e. The van der Waals surface area contributed by atoms with Crippen LogP contribution >= 0.6 is 11.8 Å². The predicted molar refractivity (Wildman–Crippen MR) is 79.6 cm³/mol. The van der Waals surface area contributed by atoms with Gasteiger partial charge in [-0.05, 0) is 18.7 Å². The first-order valence-electron chi connectivity index (χ1n) is 6.68. The van der Waals surface area contributed by atoms with Crippen LogP contribution in [0.5, 0.6) is 0 Å². The van der Waals surface area contributed by atoms with Crippen molar-refractivity contribution in [3.63, 3.8) is 0 Å². The third-order valence-electron chi connectivity index (χ3n) is 3.23. The molecule has 0 amide bonds. The average Bonchev–Trinajstić information content (AvgIpc) is 2.94. The maximum absolute atomic E-state index is 12.3. The second kappa shape index (κ2) is 5.83. The largest absolute Gasteiger partial charge is 0.435 e. The summed E-state index contributed by atoms with van der Waals surface area (Å²) in [6, 6.07) is 6.74. The lowest BCUT2D eigenvalue weighted by atomic mass is 9.91. The quantitative estimate of drug-likeness (QED) is 0.726. The van der Waals surface area contributed by atoms with E-state index in [1.807, 2.05) is 0 Å². The topological polar surface area (TPSA) is 86.2 Å². The van der Waals surface area contributed by atoms with Crippen LogP contribution < -0.4 is 5.73 Å². The predicted octanol–water partition coefficient (Wildman–Crippen LogP) is 2.03. The molecule has 21 heavy (non-hydrogen) atoms. The van der Waals surface area contributed by atoms with Crippen LogP contribution in [0, 0.1) is 0 Å². The summed E-state index contributed by atoms with van der Waals surface area (Å²) in [6.07, 6.45) is 0.911. The number of thioether (sulfide) groups is 1. The fourth-order valence-corrected chi connectivity index (χ4v) is 3.02. The van der Waals surface area contributed by atoms with Gasteiger partial charge in [0.05, 0.1) is 5.75 Å². The lowest BCUT2D eigenvalue weighted by molar-refractivity contribution is 0.0958. The van der Waals surface area contributed by atoms with E-state index in [-0.39, 0.29) is 23.0 Å². The first-order chi connectivity index (χ1) is 10.2. The second-order valence-electron chi connectivity index (χ2n) is 4.68. The number of fused-ring (bicyclic) bond motifs is 2. The van der Waals surface area contributed by atoms with Crippen molar-refractivity contribution in [1.82, 2.24) is 4.98 Å². The first-order valence-corrected chi connectivity index (χ1v) is 7.83. The van der Waals surface area contributed by atoms with Crippen LogP contribution in [0.25, 0.3) is 0 Å². The molecule has 1 aliphatic carbocycles. The van der Waals surface area contributed by atoms with Gasteiger partial charge in [0.15, 0.2) is 5.69 Å². The zero-order chi connectivity index (χ0) is 14.8. The SMILES string of the molecule is NCCCSCc1nc2c(o1)C(=O)c1ccccc1C2=O. The van der Waals surface area contributed by atoms with E-state index in [9.17, 15) is 9.59 Å². The molecule has 0 unspecified atom stereocenters. The summed E-state index contributed by atoms with van der Waals surface area (Å²) >= 11 is 1.62. The van der Waals surface area contributed by atoms with Gasteiger partial charge in [-0.1, -0.05) is 24.3 Å². The Kier molecular flexibility index (Phi) is 3.90. The number of carbonyl (C=O) groups excluding carboxylic acids is 2. The molecule has 0 aliphatic heterocycles. The van der Waals surface area contributed by atoms with Gasteiger partial charge in [0.2, 0.25) is 23.2 Å². The Balaban J connectivity index is 1.87. The van der Waals surface area contributed by atoms with Gasteiger partial charge in [0, 0.05) is 11.1 Å². The Bertz CT molecular complexity index is 656. The Morgan fingerprint density at radius 2 is 1.86 bits per heavy atom. The Morgan fingerprint density at radius 1 is 1.14 bits per heavy atom. The third-order valence-corrected chi connectivity index (χ3v) is 4.26. The van der Waals surface area contributed by atoms with Gasteiger partial charge in [0.25, 0.3) is 0 Å². The molecule has 1 aliphatic rings. The molecule has 1 heterocycles. The number of carbonyl (C=O) groups is 2. The summed E-state index contributed by atoms with van der Waals surface area (Å²) < 4.78 is 5.49. The van der Waals surface area contributed by atoms with Gasteiger partial charge in [-0.3, -0.25) is 9.59 Å². The molecule has 0 fully saturated rings. The molecule has 0 spiro atoms. The molecule has 1 aromatic heterocycles. The van der Waals surface area contributed by atoms with Crippen molar-refractivity contribution in [3.8, 4) is 0 Å². The van der Waals surface area contributed by atoms with E-state index in [4.69, 9.17) is 10.2 Å². The molecule has 5 nitrogen and oxygen atoms in total. The van der Waals surface area contributed by atoms with E-state index in [1.54, 1.807) is 36.0 Å². The zero-order valence-corrected chi connectivity index (χ0v) is 12.1. The van der Waals surface area contributed by atoms with E-state index in [0.717, 1.165) is 12.2 Å². The van der Waals surface area contributed by atoms with Crippen LogP contribution in [0.1, 0.15) is 44.5 Å². The molecule has 0 atom stereocenters. The van der Waals surface area contributed by atoms with Gasteiger partial charge in [-0.2, -0.15) is 11.8 Å². The summed E-state index contributed by atoms with van der Waals surface area (Å²) in [5.41, 5.74) is 6.34. The van der Waals surface area contributed by atoms with Crippen molar-refractivity contribution < 1.29 is 14.0 Å². The number of aromatic nitrogens is 1. The number of benzene rings is 1. The average molecular weight is 302 g/mol. The van der Waals surface area contributed by atoms with Gasteiger partial charge in [-0.15, -0.1) is 0 Å². The number of nitrogens with two attached hydrogens (primary N) is 1. The first kappa shape index (κ1) is 14.0. The van der Waals surface area contributed by atoms with E-state index in [0.29, 0.717) is 29.3 Å². The van der Waals surface area contributed by atoms with Crippen LogP contribution in [0.2, 0.25) is 0 Å². The van der Waals surface area contributed by atoms with Crippen LogP contribution in [0.3, 0.4) is 0 Å². The fraction of sp³-hybridized carbons (Fsp3) is 0.267. The Morgan fingerprint density at radius 3 is 2.57 bits per heavy atom. The van der Waals surface area contributed by atoms with E-state index in [2.05, 4.69) is 4.98 Å². The van der Waals surface area contributed by atoms with Crippen LogP contribution in [0.4, 0.5) is 0 Å².